The summed E-state index contributed by atoms with van der Waals surface area (Å²) in [5, 5.41) is 29.5. The predicted octanol–water partition coefficient (Wildman–Crippen LogP) is -1.31. The van der Waals surface area contributed by atoms with Crippen molar-refractivity contribution in [2.24, 2.45) is 5.92 Å². The molecule has 0 bridgehead atoms. The number of tetrazole rings is 1. The Hall–Kier alpha value is -1.79. The number of aliphatic hydroxyl groups is 1. The Morgan fingerprint density at radius 3 is 2.86 bits per heavy atom. The van der Waals surface area contributed by atoms with Crippen LogP contribution in [0.15, 0.2) is 15.8 Å². The van der Waals surface area contributed by atoms with Crippen LogP contribution in [0.3, 0.4) is 0 Å². The van der Waals surface area contributed by atoms with Crippen molar-refractivity contribution in [2.75, 3.05) is 11.6 Å². The number of hydrogen-bond donors (Lipinski definition) is 3. The molecule has 0 aromatic carbocycles. The van der Waals surface area contributed by atoms with Gasteiger partial charge in [0.25, 0.3) is 0 Å². The van der Waals surface area contributed by atoms with Gasteiger partial charge in [-0.2, -0.15) is 0 Å². The third kappa shape index (κ3) is 2.23. The van der Waals surface area contributed by atoms with E-state index in [0.29, 0.717) is 10.1 Å². The van der Waals surface area contributed by atoms with E-state index in [-0.39, 0.29) is 22.7 Å². The van der Waals surface area contributed by atoms with E-state index in [9.17, 15) is 19.8 Å². The van der Waals surface area contributed by atoms with Crippen LogP contribution in [0.1, 0.15) is 6.92 Å². The van der Waals surface area contributed by atoms with Gasteiger partial charge in [0.2, 0.25) is 11.1 Å². The largest absolute Gasteiger partial charge is 0.477 e. The molecule has 1 amide bonds. The summed E-state index contributed by atoms with van der Waals surface area (Å²) in [6, 6.07) is 0. The van der Waals surface area contributed by atoms with Crippen LogP contribution >= 0.6 is 23.5 Å². The summed E-state index contributed by atoms with van der Waals surface area (Å²) < 4.78 is 0. The number of thioether (sulfide) groups is 2. The van der Waals surface area contributed by atoms with Gasteiger partial charge in [-0.3, -0.25) is 9.69 Å². The third-order valence-corrected chi connectivity index (χ3v) is 5.88. The Balaban J connectivity index is 1.80. The SMILES string of the molecule is CC(O)[C@@H]1C(=O)N2C(C(=O)O)=C(CSc3nnnn3N)S[C@H]12. The number of amides is 1. The van der Waals surface area contributed by atoms with Gasteiger partial charge in [0, 0.05) is 10.7 Å². The van der Waals surface area contributed by atoms with Crippen LogP contribution in [0.5, 0.6) is 0 Å². The van der Waals surface area contributed by atoms with Crippen molar-refractivity contribution in [1.82, 2.24) is 25.2 Å². The number of aliphatic hydroxyl groups excluding tert-OH is 1. The number of carbonyl (C=O) groups excluding carboxylic acids is 1. The lowest BCUT2D eigenvalue weighted by Gasteiger charge is -2.43. The lowest BCUT2D eigenvalue weighted by Crippen LogP contribution is -2.60. The summed E-state index contributed by atoms with van der Waals surface area (Å²) >= 11 is 2.44. The minimum atomic E-state index is -1.17. The average Bonchev–Trinajstić information content (AvgIpc) is 2.97. The number of nitrogens with zero attached hydrogens (tertiary/aromatic N) is 5. The normalized spacial score (nSPS) is 25.2. The summed E-state index contributed by atoms with van der Waals surface area (Å²) in [6.07, 6.45) is -0.820. The maximum atomic E-state index is 12.0. The second-order valence-electron chi connectivity index (χ2n) is 4.75. The molecule has 22 heavy (non-hydrogen) atoms. The minimum absolute atomic E-state index is 0.0413. The molecule has 1 aromatic rings. The van der Waals surface area contributed by atoms with Crippen molar-refractivity contribution in [2.45, 2.75) is 23.6 Å². The Bertz CT molecular complexity index is 674. The zero-order valence-electron chi connectivity index (χ0n) is 11.3. The molecular weight excluding hydrogens is 332 g/mol. The van der Waals surface area contributed by atoms with Gasteiger partial charge in [-0.05, 0) is 17.4 Å². The Morgan fingerprint density at radius 1 is 1.59 bits per heavy atom. The smallest absolute Gasteiger partial charge is 0.353 e. The number of fused-ring (bicyclic) bond motifs is 1. The van der Waals surface area contributed by atoms with E-state index in [2.05, 4.69) is 15.5 Å². The second kappa shape index (κ2) is 5.44. The number of carboxylic acid groups (broad SMARTS) is 1. The topological polar surface area (TPSA) is 147 Å². The predicted molar refractivity (Wildman–Crippen MR) is 76.7 cm³/mol. The minimum Gasteiger partial charge on any atom is -0.477 e. The van der Waals surface area contributed by atoms with E-state index in [1.807, 2.05) is 0 Å². The third-order valence-electron chi connectivity index (χ3n) is 3.37. The van der Waals surface area contributed by atoms with Gasteiger partial charge in [0.1, 0.15) is 11.1 Å². The van der Waals surface area contributed by atoms with Crippen molar-refractivity contribution >= 4 is 35.4 Å². The molecule has 1 aromatic heterocycles. The quantitative estimate of drug-likeness (QED) is 0.334. The van der Waals surface area contributed by atoms with E-state index >= 15 is 0 Å². The van der Waals surface area contributed by atoms with E-state index < -0.39 is 18.0 Å². The van der Waals surface area contributed by atoms with Crippen LogP contribution in [0.4, 0.5) is 0 Å². The molecule has 3 heterocycles. The summed E-state index contributed by atoms with van der Waals surface area (Å²) in [6.45, 7) is 1.52. The molecule has 0 saturated carbocycles. The van der Waals surface area contributed by atoms with Crippen molar-refractivity contribution in [3.05, 3.63) is 10.6 Å². The molecule has 12 heteroatoms. The number of nitrogens with two attached hydrogens (primary N) is 1. The van der Waals surface area contributed by atoms with E-state index in [1.165, 1.54) is 35.3 Å². The monoisotopic (exact) mass is 344 g/mol. The van der Waals surface area contributed by atoms with Crippen LogP contribution in [0, 0.1) is 5.92 Å². The first kappa shape index (κ1) is 15.1. The molecule has 3 rings (SSSR count). The number of carbonyl (C=O) groups is 2. The van der Waals surface area contributed by atoms with Gasteiger partial charge < -0.3 is 16.1 Å². The van der Waals surface area contributed by atoms with Gasteiger partial charge in [-0.1, -0.05) is 16.9 Å². The molecule has 2 aliphatic heterocycles. The number of nitrogen functional groups attached to an aromatic ring is 1. The number of aliphatic carboxylic acids is 1. The van der Waals surface area contributed by atoms with Crippen LogP contribution < -0.4 is 5.84 Å². The molecule has 1 fully saturated rings. The molecule has 1 saturated heterocycles. The number of carboxylic acids is 1. The molecule has 1 unspecified atom stereocenters. The fraction of sp³-hybridized carbons (Fsp3) is 0.500. The van der Waals surface area contributed by atoms with Crippen LogP contribution in [0.25, 0.3) is 0 Å². The molecule has 118 valence electrons. The highest BCUT2D eigenvalue weighted by Crippen LogP contribution is 2.51. The number of rotatable bonds is 5. The molecular formula is C10H12N6O4S2. The maximum absolute atomic E-state index is 12.0. The fourth-order valence-electron chi connectivity index (χ4n) is 2.37. The van der Waals surface area contributed by atoms with Crippen molar-refractivity contribution in [3.8, 4) is 0 Å². The zero-order valence-corrected chi connectivity index (χ0v) is 12.9. The highest BCUT2D eigenvalue weighted by Gasteiger charge is 2.57. The summed E-state index contributed by atoms with van der Waals surface area (Å²) in [4.78, 5) is 26.2. The summed E-state index contributed by atoms with van der Waals surface area (Å²) in [5.41, 5.74) is -0.0413. The second-order valence-corrected chi connectivity index (χ2v) is 6.91. The van der Waals surface area contributed by atoms with Crippen LogP contribution in [-0.4, -0.2) is 64.5 Å². The average molecular weight is 344 g/mol. The van der Waals surface area contributed by atoms with Gasteiger partial charge in [0.05, 0.1) is 12.0 Å². The summed E-state index contributed by atoms with van der Waals surface area (Å²) in [5.74, 6) is 3.65. The van der Waals surface area contributed by atoms with E-state index in [1.54, 1.807) is 0 Å². The lowest BCUT2D eigenvalue weighted by molar-refractivity contribution is -0.156. The molecule has 2 aliphatic rings. The number of β-lactam (4-membered cyclic amide) rings is 1. The van der Waals surface area contributed by atoms with Crippen molar-refractivity contribution < 1.29 is 19.8 Å². The molecule has 0 spiro atoms. The zero-order chi connectivity index (χ0) is 16.0. The standard InChI is InChI=1S/C10H12N6O4S2/c1-3(17)5-7(18)15-6(9(19)20)4(22-8(5)15)2-21-10-12-13-14-16(10)11/h3,5,8,17H,2,11H2,1H3,(H,19,20)/t3?,5-,8-/m1/s1. The lowest BCUT2D eigenvalue weighted by atomic mass is 9.92. The molecule has 0 radical (unpaired) electrons. The molecule has 0 aliphatic carbocycles. The van der Waals surface area contributed by atoms with Gasteiger partial charge in [0.15, 0.2) is 0 Å². The Morgan fingerprint density at radius 2 is 2.32 bits per heavy atom. The van der Waals surface area contributed by atoms with Crippen LogP contribution in [-0.2, 0) is 9.59 Å². The molecule has 10 nitrogen and oxygen atoms in total. The number of aromatic nitrogens is 4. The van der Waals surface area contributed by atoms with Crippen LogP contribution in [0.2, 0.25) is 0 Å². The Labute approximate surface area is 132 Å². The Kier molecular flexibility index (Phi) is 3.74. The first-order valence-electron chi connectivity index (χ1n) is 6.22. The summed E-state index contributed by atoms with van der Waals surface area (Å²) in [7, 11) is 0. The number of hydrogen-bond acceptors (Lipinski definition) is 9. The molecule has 3 atom stereocenters. The highest BCUT2D eigenvalue weighted by atomic mass is 32.2. The highest BCUT2D eigenvalue weighted by molar-refractivity contribution is 8.06. The van der Waals surface area contributed by atoms with E-state index in [0.717, 1.165) is 4.79 Å². The maximum Gasteiger partial charge on any atom is 0.353 e. The van der Waals surface area contributed by atoms with E-state index in [4.69, 9.17) is 5.84 Å². The van der Waals surface area contributed by atoms with Gasteiger partial charge in [-0.15, -0.1) is 16.6 Å². The van der Waals surface area contributed by atoms with Crippen molar-refractivity contribution in [1.29, 1.82) is 0 Å². The fourth-order valence-corrected chi connectivity index (χ4v) is 4.87. The molecule has 4 N–H and O–H groups in total. The first-order chi connectivity index (χ1) is 10.4. The van der Waals surface area contributed by atoms with Gasteiger partial charge >= 0.3 is 5.97 Å². The van der Waals surface area contributed by atoms with Gasteiger partial charge in [-0.25, -0.2) is 4.79 Å². The first-order valence-corrected chi connectivity index (χ1v) is 8.09. The van der Waals surface area contributed by atoms with Crippen molar-refractivity contribution in [3.63, 3.8) is 0 Å².